The van der Waals surface area contributed by atoms with Crippen molar-refractivity contribution in [2.24, 2.45) is 11.8 Å². The van der Waals surface area contributed by atoms with Crippen LogP contribution in [0.3, 0.4) is 0 Å². The van der Waals surface area contributed by atoms with Crippen molar-refractivity contribution < 1.29 is 27.8 Å². The summed E-state index contributed by atoms with van der Waals surface area (Å²) >= 11 is 6.41. The van der Waals surface area contributed by atoms with E-state index in [4.69, 9.17) is 21.1 Å². The highest BCUT2D eigenvalue weighted by molar-refractivity contribution is 7.87. The number of amides is 1. The number of aliphatic hydroxyl groups excluding tert-OH is 1. The minimum Gasteiger partial charge on any atom is -0.490 e. The number of hydrogen-bond donors (Lipinski definition) is 2. The van der Waals surface area contributed by atoms with Gasteiger partial charge in [-0.15, -0.1) is 0 Å². The van der Waals surface area contributed by atoms with Crippen LogP contribution in [0.25, 0.3) is 0 Å². The third-order valence-corrected chi connectivity index (χ3v) is 13.1. The topological polar surface area (TPSA) is 108 Å². The fraction of sp³-hybridized carbons (Fsp3) is 0.571. The number of benzene rings is 2. The Hall–Kier alpha value is -2.63. The molecule has 11 heteroatoms. The van der Waals surface area contributed by atoms with Gasteiger partial charge >= 0.3 is 10.2 Å². The molecule has 7 rings (SSSR count). The standard InChI is InChI=1S/C35H44ClN3O6S/c1-22-5-3-7-32(40)29-11-8-25(29)19-38-20-35(14-4-6-23-15-26(36)10-12-30(23)35)21-45-33-13-9-24(16-31(33)38)34(41)37-46(42,43)39(22)27-17-28(18-27)44-2/h3,7,9-10,12-13,15-16,22,25,27-29,32,40H,4-6,8,11,14,17-21H2,1-2H3,(H,37,41)/b7-3+/t22-,25+,27-,28+,29-,32+,35+/m1/s1. The first-order chi connectivity index (χ1) is 22.1. The van der Waals surface area contributed by atoms with Crippen molar-refractivity contribution in [3.63, 3.8) is 0 Å². The summed E-state index contributed by atoms with van der Waals surface area (Å²) in [5.41, 5.74) is 3.26. The average molecular weight is 670 g/mol. The SMILES string of the molecule is CO[C@H]1C[C@@H](N2[C@H](C)C/C=C/[C@H](O)[C@@H]3CC[C@H]3CN3C[C@@]4(CCCc5cc(Cl)ccc54)COc4ccc(cc43)C(=O)NS2(=O)=O)C1. The second kappa shape index (κ2) is 12.4. The number of aryl methyl sites for hydroxylation is 1. The van der Waals surface area contributed by atoms with Gasteiger partial charge in [-0.1, -0.05) is 29.8 Å². The van der Waals surface area contributed by atoms with Crippen molar-refractivity contribution in [2.45, 2.75) is 88.0 Å². The van der Waals surface area contributed by atoms with Crippen molar-refractivity contribution in [1.82, 2.24) is 9.03 Å². The maximum atomic E-state index is 13.8. The van der Waals surface area contributed by atoms with E-state index < -0.39 is 28.3 Å². The predicted octanol–water partition coefficient (Wildman–Crippen LogP) is 5.00. The van der Waals surface area contributed by atoms with Gasteiger partial charge < -0.3 is 19.5 Å². The highest BCUT2D eigenvalue weighted by atomic mass is 35.5. The van der Waals surface area contributed by atoms with Crippen molar-refractivity contribution in [3.05, 3.63) is 70.3 Å². The number of carbonyl (C=O) groups is 1. The van der Waals surface area contributed by atoms with E-state index in [1.54, 1.807) is 25.3 Å². The molecule has 248 valence electrons. The van der Waals surface area contributed by atoms with Crippen molar-refractivity contribution in [2.75, 3.05) is 31.7 Å². The molecule has 0 radical (unpaired) electrons. The van der Waals surface area contributed by atoms with Gasteiger partial charge in [0.25, 0.3) is 5.91 Å². The van der Waals surface area contributed by atoms with Gasteiger partial charge in [0, 0.05) is 48.3 Å². The molecule has 0 unspecified atom stereocenters. The normalized spacial score (nSPS) is 35.0. The number of halogens is 1. The number of fused-ring (bicyclic) bond motifs is 4. The molecule has 5 aliphatic rings. The molecule has 46 heavy (non-hydrogen) atoms. The van der Waals surface area contributed by atoms with Crippen LogP contribution >= 0.6 is 11.6 Å². The molecular formula is C35H44ClN3O6S. The van der Waals surface area contributed by atoms with E-state index in [1.807, 2.05) is 25.1 Å². The first-order valence-corrected chi connectivity index (χ1v) is 18.4. The van der Waals surface area contributed by atoms with Gasteiger partial charge in [-0.2, -0.15) is 12.7 Å². The Kier molecular flexibility index (Phi) is 8.63. The first kappa shape index (κ1) is 31.9. The van der Waals surface area contributed by atoms with Gasteiger partial charge in [0.15, 0.2) is 0 Å². The molecule has 2 heterocycles. The number of ether oxygens (including phenoxy) is 2. The molecule has 2 aromatic carbocycles. The molecule has 3 aliphatic carbocycles. The number of methoxy groups -OCH3 is 1. The van der Waals surface area contributed by atoms with Gasteiger partial charge in [0.05, 0.1) is 24.5 Å². The van der Waals surface area contributed by atoms with Crippen LogP contribution in [-0.4, -0.2) is 74.8 Å². The van der Waals surface area contributed by atoms with Gasteiger partial charge in [0.2, 0.25) is 0 Å². The van der Waals surface area contributed by atoms with Gasteiger partial charge in [-0.05, 0) is 112 Å². The third kappa shape index (κ3) is 5.85. The molecular weight excluding hydrogens is 626 g/mol. The molecule has 2 fully saturated rings. The van der Waals surface area contributed by atoms with E-state index in [2.05, 4.69) is 21.8 Å². The fourth-order valence-corrected chi connectivity index (χ4v) is 10.2. The molecule has 1 amide bonds. The van der Waals surface area contributed by atoms with E-state index in [0.717, 1.165) is 42.8 Å². The summed E-state index contributed by atoms with van der Waals surface area (Å²) in [5, 5.41) is 12.0. The molecule has 5 atom stereocenters. The average Bonchev–Trinajstić information content (AvgIpc) is 3.12. The van der Waals surface area contributed by atoms with Crippen LogP contribution in [-0.2, 0) is 26.8 Å². The fourth-order valence-electron chi connectivity index (χ4n) is 8.43. The summed E-state index contributed by atoms with van der Waals surface area (Å²) < 4.78 is 43.5. The Balaban J connectivity index is 1.27. The zero-order chi connectivity index (χ0) is 32.2. The van der Waals surface area contributed by atoms with Crippen LogP contribution in [0.2, 0.25) is 5.02 Å². The number of rotatable bonds is 2. The number of nitrogens with one attached hydrogen (secondary N) is 1. The number of hydrogen-bond acceptors (Lipinski definition) is 7. The molecule has 9 nitrogen and oxygen atoms in total. The molecule has 2 saturated carbocycles. The summed E-state index contributed by atoms with van der Waals surface area (Å²) in [7, 11) is -2.56. The predicted molar refractivity (Wildman–Crippen MR) is 178 cm³/mol. The zero-order valence-corrected chi connectivity index (χ0v) is 28.1. The Labute approximate surface area is 277 Å². The van der Waals surface area contributed by atoms with E-state index in [0.29, 0.717) is 44.7 Å². The largest absolute Gasteiger partial charge is 0.490 e. The van der Waals surface area contributed by atoms with E-state index in [9.17, 15) is 18.3 Å². The molecule has 1 spiro atoms. The maximum Gasteiger partial charge on any atom is 0.304 e. The van der Waals surface area contributed by atoms with Crippen LogP contribution in [0.5, 0.6) is 5.75 Å². The Morgan fingerprint density at radius 2 is 1.98 bits per heavy atom. The van der Waals surface area contributed by atoms with Crippen LogP contribution in [0.4, 0.5) is 5.69 Å². The Morgan fingerprint density at radius 3 is 2.74 bits per heavy atom. The van der Waals surface area contributed by atoms with Crippen molar-refractivity contribution in [3.8, 4) is 5.75 Å². The molecule has 2 aromatic rings. The first-order valence-electron chi connectivity index (χ1n) is 16.6. The minimum absolute atomic E-state index is 0.0108. The second-order valence-electron chi connectivity index (χ2n) is 14.0. The molecule has 2 bridgehead atoms. The summed E-state index contributed by atoms with van der Waals surface area (Å²) in [6.45, 7) is 3.72. The quantitative estimate of drug-likeness (QED) is 0.433. The summed E-state index contributed by atoms with van der Waals surface area (Å²) in [6, 6.07) is 10.7. The van der Waals surface area contributed by atoms with E-state index >= 15 is 0 Å². The summed E-state index contributed by atoms with van der Waals surface area (Å²) in [6.07, 6.45) is 9.52. The van der Waals surface area contributed by atoms with Crippen molar-refractivity contribution in [1.29, 1.82) is 0 Å². The third-order valence-electron chi connectivity index (χ3n) is 11.2. The van der Waals surface area contributed by atoms with Crippen LogP contribution in [0.15, 0.2) is 48.6 Å². The van der Waals surface area contributed by atoms with Crippen LogP contribution < -0.4 is 14.4 Å². The number of carbonyl (C=O) groups excluding carboxylic acids is 1. The lowest BCUT2D eigenvalue weighted by atomic mass is 9.68. The van der Waals surface area contributed by atoms with Crippen LogP contribution in [0, 0.1) is 11.8 Å². The lowest BCUT2D eigenvalue weighted by molar-refractivity contribution is -0.0110. The van der Waals surface area contributed by atoms with E-state index in [-0.39, 0.29) is 35.0 Å². The minimum atomic E-state index is -4.19. The van der Waals surface area contributed by atoms with Crippen molar-refractivity contribution >= 4 is 33.4 Å². The van der Waals surface area contributed by atoms with Gasteiger partial charge in [-0.25, -0.2) is 4.72 Å². The molecule has 0 aromatic heterocycles. The molecule has 0 saturated heterocycles. The maximum absolute atomic E-state index is 13.8. The Morgan fingerprint density at radius 1 is 1.15 bits per heavy atom. The molecule has 2 aliphatic heterocycles. The van der Waals surface area contributed by atoms with Crippen LogP contribution in [0.1, 0.15) is 73.4 Å². The highest BCUT2D eigenvalue weighted by Crippen LogP contribution is 2.47. The summed E-state index contributed by atoms with van der Waals surface area (Å²) in [5.74, 6) is 0.362. The van der Waals surface area contributed by atoms with Gasteiger partial charge in [-0.3, -0.25) is 4.79 Å². The lowest BCUT2D eigenvalue weighted by Gasteiger charge is -2.45. The number of nitrogens with zero attached hydrogens (tertiary/aromatic N) is 2. The highest BCUT2D eigenvalue weighted by Gasteiger charge is 2.45. The summed E-state index contributed by atoms with van der Waals surface area (Å²) in [4.78, 5) is 16.0. The number of aliphatic hydroxyl groups is 1. The smallest absolute Gasteiger partial charge is 0.304 e. The number of anilines is 1. The van der Waals surface area contributed by atoms with E-state index in [1.165, 1.54) is 15.4 Å². The second-order valence-corrected chi connectivity index (χ2v) is 16.1. The lowest BCUT2D eigenvalue weighted by Crippen LogP contribution is -2.57. The monoisotopic (exact) mass is 669 g/mol. The van der Waals surface area contributed by atoms with Gasteiger partial charge in [0.1, 0.15) is 5.75 Å². The Bertz CT molecular complexity index is 1630. The zero-order valence-electron chi connectivity index (χ0n) is 26.5. The molecule has 2 N–H and O–H groups in total.